The second-order valence-corrected chi connectivity index (χ2v) is 10.9. The molecule has 0 unspecified atom stereocenters. The number of primary amides is 1. The molecule has 7 heteroatoms. The van der Waals surface area contributed by atoms with Crippen LogP contribution in [0.25, 0.3) is 0 Å². The Morgan fingerprint density at radius 3 is 2.11 bits per heavy atom. The van der Waals surface area contributed by atoms with Crippen molar-refractivity contribution in [2.24, 2.45) is 23.0 Å². The first kappa shape index (κ1) is 31.7. The van der Waals surface area contributed by atoms with Gasteiger partial charge in [0.25, 0.3) is 0 Å². The van der Waals surface area contributed by atoms with Gasteiger partial charge in [-0.1, -0.05) is 53.0 Å². The number of aryl methyl sites for hydroxylation is 1. The van der Waals surface area contributed by atoms with E-state index in [2.05, 4.69) is 45.1 Å². The molecule has 0 saturated carbocycles. The van der Waals surface area contributed by atoms with Crippen LogP contribution in [0.5, 0.6) is 11.5 Å². The fourth-order valence-corrected chi connectivity index (χ4v) is 4.82. The molecule has 36 heavy (non-hydrogen) atoms. The summed E-state index contributed by atoms with van der Waals surface area (Å²) in [5.74, 6) is 1.19. The standard InChI is InChI=1S/C29H50N2O5/c1-21(2)29(22(3)4,27(33)31-28(5,6)26(30)32)17-12-10-9-11-14-23-15-16-24(35-8)25(20-23)36-19-13-18-34-7/h15-16,20-22H,9-14,17-19H2,1-8H3,(H2,30,32)(H,31,33). The Labute approximate surface area is 218 Å². The molecule has 1 aromatic rings. The molecule has 0 heterocycles. The number of hydrogen-bond acceptors (Lipinski definition) is 5. The van der Waals surface area contributed by atoms with Crippen LogP contribution in [0.2, 0.25) is 0 Å². The van der Waals surface area contributed by atoms with E-state index in [1.165, 1.54) is 5.56 Å². The molecule has 7 nitrogen and oxygen atoms in total. The molecule has 206 valence electrons. The lowest BCUT2D eigenvalue weighted by Gasteiger charge is -2.42. The highest BCUT2D eigenvalue weighted by molar-refractivity contribution is 5.92. The first-order chi connectivity index (χ1) is 16.9. The molecular weight excluding hydrogens is 456 g/mol. The number of nitrogens with one attached hydrogen (secondary N) is 1. The maximum Gasteiger partial charge on any atom is 0.242 e. The summed E-state index contributed by atoms with van der Waals surface area (Å²) in [5.41, 5.74) is 5.11. The van der Waals surface area contributed by atoms with Gasteiger partial charge < -0.3 is 25.3 Å². The molecule has 3 N–H and O–H groups in total. The Morgan fingerprint density at radius 2 is 1.56 bits per heavy atom. The van der Waals surface area contributed by atoms with Crippen molar-refractivity contribution in [3.63, 3.8) is 0 Å². The van der Waals surface area contributed by atoms with Gasteiger partial charge in [-0.05, 0) is 62.6 Å². The third-order valence-electron chi connectivity index (χ3n) is 7.31. The van der Waals surface area contributed by atoms with Crippen LogP contribution in [0.15, 0.2) is 18.2 Å². The molecule has 1 rings (SSSR count). The number of amides is 2. The predicted octanol–water partition coefficient (Wildman–Crippen LogP) is 5.28. The third-order valence-corrected chi connectivity index (χ3v) is 7.31. The van der Waals surface area contributed by atoms with Gasteiger partial charge in [-0.15, -0.1) is 0 Å². The Kier molecular flexibility index (Phi) is 13.3. The molecule has 0 aliphatic carbocycles. The molecule has 1 aromatic carbocycles. The number of hydrogen-bond donors (Lipinski definition) is 2. The Morgan fingerprint density at radius 1 is 0.917 bits per heavy atom. The summed E-state index contributed by atoms with van der Waals surface area (Å²) >= 11 is 0. The van der Waals surface area contributed by atoms with Crippen molar-refractivity contribution >= 4 is 11.8 Å². The van der Waals surface area contributed by atoms with Crippen molar-refractivity contribution in [3.05, 3.63) is 23.8 Å². The van der Waals surface area contributed by atoms with Crippen molar-refractivity contribution in [3.8, 4) is 11.5 Å². The van der Waals surface area contributed by atoms with Gasteiger partial charge in [-0.3, -0.25) is 9.59 Å². The fourth-order valence-electron chi connectivity index (χ4n) is 4.82. The minimum atomic E-state index is -1.07. The number of carbonyl (C=O) groups excluding carboxylic acids is 2. The summed E-state index contributed by atoms with van der Waals surface area (Å²) < 4.78 is 16.4. The average molecular weight is 507 g/mol. The smallest absolute Gasteiger partial charge is 0.242 e. The first-order valence-electron chi connectivity index (χ1n) is 13.3. The minimum absolute atomic E-state index is 0.0763. The van der Waals surface area contributed by atoms with Crippen molar-refractivity contribution in [2.45, 2.75) is 92.0 Å². The molecule has 0 radical (unpaired) electrons. The largest absolute Gasteiger partial charge is 0.493 e. The number of benzene rings is 1. The van der Waals surface area contributed by atoms with Gasteiger partial charge in [0.2, 0.25) is 11.8 Å². The number of rotatable bonds is 18. The van der Waals surface area contributed by atoms with Gasteiger partial charge in [0.05, 0.1) is 19.1 Å². The summed E-state index contributed by atoms with van der Waals surface area (Å²) in [6.07, 6.45) is 6.72. The monoisotopic (exact) mass is 506 g/mol. The van der Waals surface area contributed by atoms with Gasteiger partial charge in [-0.25, -0.2) is 0 Å². The van der Waals surface area contributed by atoms with Crippen LogP contribution < -0.4 is 20.5 Å². The minimum Gasteiger partial charge on any atom is -0.493 e. The summed E-state index contributed by atoms with van der Waals surface area (Å²) in [6, 6.07) is 6.13. The van der Waals surface area contributed by atoms with Gasteiger partial charge >= 0.3 is 0 Å². The van der Waals surface area contributed by atoms with E-state index in [4.69, 9.17) is 19.9 Å². The molecule has 0 aliphatic rings. The maximum absolute atomic E-state index is 13.4. The lowest BCUT2D eigenvalue weighted by molar-refractivity contribution is -0.142. The van der Waals surface area contributed by atoms with Crippen LogP contribution in [-0.4, -0.2) is 44.8 Å². The van der Waals surface area contributed by atoms with E-state index in [9.17, 15) is 9.59 Å². The van der Waals surface area contributed by atoms with E-state index in [1.807, 2.05) is 6.07 Å². The molecular formula is C29H50N2O5. The number of methoxy groups -OCH3 is 2. The van der Waals surface area contributed by atoms with E-state index >= 15 is 0 Å². The molecule has 0 aromatic heterocycles. The summed E-state index contributed by atoms with van der Waals surface area (Å²) in [5, 5.41) is 2.93. The quantitative estimate of drug-likeness (QED) is 0.264. The van der Waals surface area contributed by atoms with E-state index < -0.39 is 16.9 Å². The SMILES string of the molecule is COCCCOc1cc(CCCCCCC(C(=O)NC(C)(C)C(N)=O)(C(C)C)C(C)C)ccc1OC. The van der Waals surface area contributed by atoms with Gasteiger partial charge in [0.15, 0.2) is 11.5 Å². The average Bonchev–Trinajstić information content (AvgIpc) is 2.80. The molecule has 0 aliphatic heterocycles. The number of ether oxygens (including phenoxy) is 3. The van der Waals surface area contributed by atoms with E-state index in [-0.39, 0.29) is 17.7 Å². The zero-order chi connectivity index (χ0) is 27.4. The highest BCUT2D eigenvalue weighted by Gasteiger charge is 2.45. The molecule has 0 atom stereocenters. The molecule has 0 spiro atoms. The van der Waals surface area contributed by atoms with Crippen LogP contribution in [0.4, 0.5) is 0 Å². The molecule has 0 saturated heterocycles. The summed E-state index contributed by atoms with van der Waals surface area (Å²) in [4.78, 5) is 25.2. The van der Waals surface area contributed by atoms with Crippen LogP contribution in [0, 0.1) is 17.3 Å². The van der Waals surface area contributed by atoms with E-state index in [0.717, 1.165) is 56.4 Å². The Bertz CT molecular complexity index is 812. The molecule has 0 fully saturated rings. The van der Waals surface area contributed by atoms with Gasteiger partial charge in [-0.2, -0.15) is 0 Å². The number of nitrogens with two attached hydrogens (primary N) is 1. The van der Waals surface area contributed by atoms with Gasteiger partial charge in [0, 0.05) is 20.1 Å². The van der Waals surface area contributed by atoms with Crippen molar-refractivity contribution < 1.29 is 23.8 Å². The topological polar surface area (TPSA) is 99.9 Å². The lowest BCUT2D eigenvalue weighted by Crippen LogP contribution is -2.59. The number of carbonyl (C=O) groups is 2. The van der Waals surface area contributed by atoms with Gasteiger partial charge in [0.1, 0.15) is 5.54 Å². The maximum atomic E-state index is 13.4. The van der Waals surface area contributed by atoms with E-state index in [1.54, 1.807) is 28.1 Å². The number of unbranched alkanes of at least 4 members (excludes halogenated alkanes) is 3. The van der Waals surface area contributed by atoms with Crippen molar-refractivity contribution in [2.75, 3.05) is 27.4 Å². The molecule has 2 amide bonds. The van der Waals surface area contributed by atoms with Crippen LogP contribution in [0.3, 0.4) is 0 Å². The third kappa shape index (κ3) is 8.99. The predicted molar refractivity (Wildman–Crippen MR) is 145 cm³/mol. The molecule has 0 bridgehead atoms. The van der Waals surface area contributed by atoms with Crippen molar-refractivity contribution in [1.82, 2.24) is 5.32 Å². The van der Waals surface area contributed by atoms with Crippen LogP contribution >= 0.6 is 0 Å². The first-order valence-corrected chi connectivity index (χ1v) is 13.3. The Hall–Kier alpha value is -2.28. The summed E-state index contributed by atoms with van der Waals surface area (Å²) in [6.45, 7) is 12.9. The van der Waals surface area contributed by atoms with Crippen LogP contribution in [-0.2, 0) is 20.7 Å². The summed E-state index contributed by atoms with van der Waals surface area (Å²) in [7, 11) is 3.34. The Balaban J connectivity index is 2.67. The van der Waals surface area contributed by atoms with Crippen LogP contribution in [0.1, 0.15) is 85.6 Å². The fraction of sp³-hybridized carbons (Fsp3) is 0.724. The highest BCUT2D eigenvalue weighted by atomic mass is 16.5. The highest BCUT2D eigenvalue weighted by Crippen LogP contribution is 2.42. The van der Waals surface area contributed by atoms with E-state index in [0.29, 0.717) is 13.2 Å². The lowest BCUT2D eigenvalue weighted by atomic mass is 9.65. The second-order valence-electron chi connectivity index (χ2n) is 10.9. The second kappa shape index (κ2) is 15.1. The normalized spacial score (nSPS) is 12.2. The zero-order valence-electron chi connectivity index (χ0n) is 23.9. The van der Waals surface area contributed by atoms with Crippen molar-refractivity contribution in [1.29, 1.82) is 0 Å². The zero-order valence-corrected chi connectivity index (χ0v) is 23.9.